The zero-order chi connectivity index (χ0) is 21.0. The number of likely N-dealkylation sites (tertiary alicyclic amines) is 1. The standard InChI is InChI=1S/C26H38N4O/c31-26(30-19-17-28(18-20-30)24-7-2-3-8-24)23-9-10-25-22(21-23)11-16-29(25)15-6-14-27-12-4-1-5-13-27/h9-11,16,21,24H,1-8,12-15,17-20H2. The predicted molar refractivity (Wildman–Crippen MR) is 127 cm³/mol. The van der Waals surface area contributed by atoms with Crippen molar-refractivity contribution < 1.29 is 4.79 Å². The summed E-state index contributed by atoms with van der Waals surface area (Å²) in [5.74, 6) is 0.200. The van der Waals surface area contributed by atoms with Gasteiger partial charge in [-0.1, -0.05) is 19.3 Å². The van der Waals surface area contributed by atoms with Gasteiger partial charge in [0.1, 0.15) is 0 Å². The van der Waals surface area contributed by atoms with E-state index in [0.29, 0.717) is 0 Å². The number of rotatable bonds is 6. The molecule has 3 heterocycles. The van der Waals surface area contributed by atoms with Gasteiger partial charge in [0.15, 0.2) is 0 Å². The van der Waals surface area contributed by atoms with E-state index >= 15 is 0 Å². The Balaban J connectivity index is 1.17. The molecule has 0 unspecified atom stereocenters. The number of hydrogen-bond acceptors (Lipinski definition) is 3. The first kappa shape index (κ1) is 21.0. The number of fused-ring (bicyclic) bond motifs is 1. The molecule has 1 aromatic carbocycles. The maximum absolute atomic E-state index is 13.1. The molecule has 1 aliphatic carbocycles. The van der Waals surface area contributed by atoms with Gasteiger partial charge >= 0.3 is 0 Å². The SMILES string of the molecule is O=C(c1ccc2c(ccn2CCCN2CCCCC2)c1)N1CCN(C2CCCC2)CC1. The lowest BCUT2D eigenvalue weighted by atomic mass is 10.1. The molecule has 0 radical (unpaired) electrons. The molecule has 0 N–H and O–H groups in total. The van der Waals surface area contributed by atoms with Crippen LogP contribution >= 0.6 is 0 Å². The average molecular weight is 423 g/mol. The van der Waals surface area contributed by atoms with E-state index in [2.05, 4.69) is 43.7 Å². The highest BCUT2D eigenvalue weighted by Crippen LogP contribution is 2.25. The third-order valence-corrected chi connectivity index (χ3v) is 7.78. The molecular formula is C26H38N4O. The Labute approximate surface area is 187 Å². The Kier molecular flexibility index (Phi) is 6.61. The summed E-state index contributed by atoms with van der Waals surface area (Å²) in [6.07, 6.45) is 12.9. The molecule has 3 fully saturated rings. The summed E-state index contributed by atoms with van der Waals surface area (Å²) in [4.78, 5) is 20.4. The summed E-state index contributed by atoms with van der Waals surface area (Å²) >= 11 is 0. The van der Waals surface area contributed by atoms with Crippen LogP contribution in [0.3, 0.4) is 0 Å². The fraction of sp³-hybridized carbons (Fsp3) is 0.654. The Morgan fingerprint density at radius 3 is 2.39 bits per heavy atom. The number of piperazine rings is 1. The highest BCUT2D eigenvalue weighted by atomic mass is 16.2. The topological polar surface area (TPSA) is 31.7 Å². The van der Waals surface area contributed by atoms with Crippen LogP contribution in [0, 0.1) is 0 Å². The number of nitrogens with zero attached hydrogens (tertiary/aromatic N) is 4. The fourth-order valence-electron chi connectivity index (χ4n) is 5.92. The van der Waals surface area contributed by atoms with Gasteiger partial charge in [0.25, 0.3) is 5.91 Å². The van der Waals surface area contributed by atoms with Crippen LogP contribution in [0.1, 0.15) is 61.7 Å². The molecule has 2 aromatic rings. The number of carbonyl (C=O) groups is 1. The van der Waals surface area contributed by atoms with Crippen LogP contribution in [0.2, 0.25) is 0 Å². The largest absolute Gasteiger partial charge is 0.347 e. The van der Waals surface area contributed by atoms with Gasteiger partial charge < -0.3 is 14.4 Å². The smallest absolute Gasteiger partial charge is 0.253 e. The second-order valence-electron chi connectivity index (χ2n) is 9.81. The van der Waals surface area contributed by atoms with Crippen LogP contribution in [-0.2, 0) is 6.54 Å². The van der Waals surface area contributed by atoms with E-state index in [9.17, 15) is 4.79 Å². The number of aromatic nitrogens is 1. The molecule has 2 saturated heterocycles. The molecule has 168 valence electrons. The molecule has 5 nitrogen and oxygen atoms in total. The minimum atomic E-state index is 0.200. The van der Waals surface area contributed by atoms with Crippen LogP contribution in [0.5, 0.6) is 0 Å². The summed E-state index contributed by atoms with van der Waals surface area (Å²) in [5.41, 5.74) is 2.09. The lowest BCUT2D eigenvalue weighted by Crippen LogP contribution is -2.51. The first-order valence-electron chi connectivity index (χ1n) is 12.6. The normalized spacial score (nSPS) is 21.9. The summed E-state index contributed by atoms with van der Waals surface area (Å²) < 4.78 is 2.36. The first-order chi connectivity index (χ1) is 15.3. The Morgan fingerprint density at radius 2 is 1.61 bits per heavy atom. The van der Waals surface area contributed by atoms with Crippen molar-refractivity contribution >= 4 is 16.8 Å². The average Bonchev–Trinajstić information content (AvgIpc) is 3.50. The molecule has 1 amide bonds. The summed E-state index contributed by atoms with van der Waals surface area (Å²) in [7, 11) is 0. The minimum absolute atomic E-state index is 0.200. The maximum atomic E-state index is 13.1. The third kappa shape index (κ3) is 4.83. The molecular weight excluding hydrogens is 384 g/mol. The summed E-state index contributed by atoms with van der Waals surface area (Å²) in [6.45, 7) is 8.59. The lowest BCUT2D eigenvalue weighted by Gasteiger charge is -2.38. The number of aryl methyl sites for hydroxylation is 1. The van der Waals surface area contributed by atoms with Gasteiger partial charge in [-0.3, -0.25) is 9.69 Å². The summed E-state index contributed by atoms with van der Waals surface area (Å²) in [6, 6.07) is 9.23. The highest BCUT2D eigenvalue weighted by molar-refractivity contribution is 5.98. The minimum Gasteiger partial charge on any atom is -0.347 e. The Hall–Kier alpha value is -1.85. The maximum Gasteiger partial charge on any atom is 0.253 e. The van der Waals surface area contributed by atoms with Crippen molar-refractivity contribution in [2.45, 2.75) is 64.0 Å². The van der Waals surface area contributed by atoms with Crippen LogP contribution in [0.15, 0.2) is 30.5 Å². The van der Waals surface area contributed by atoms with Gasteiger partial charge in [0.05, 0.1) is 0 Å². The Morgan fingerprint density at radius 1 is 0.839 bits per heavy atom. The molecule has 0 atom stereocenters. The molecule has 5 rings (SSSR count). The highest BCUT2D eigenvalue weighted by Gasteiger charge is 2.28. The van der Waals surface area contributed by atoms with Gasteiger partial charge in [0.2, 0.25) is 0 Å². The van der Waals surface area contributed by atoms with E-state index in [-0.39, 0.29) is 5.91 Å². The number of piperidine rings is 1. The van der Waals surface area contributed by atoms with Crippen molar-refractivity contribution in [2.75, 3.05) is 45.8 Å². The first-order valence-corrected chi connectivity index (χ1v) is 12.6. The predicted octanol–water partition coefficient (Wildman–Crippen LogP) is 4.22. The van der Waals surface area contributed by atoms with Crippen molar-refractivity contribution in [1.82, 2.24) is 19.3 Å². The fourth-order valence-corrected chi connectivity index (χ4v) is 5.92. The van der Waals surface area contributed by atoms with E-state index in [1.165, 1.54) is 81.9 Å². The molecule has 0 spiro atoms. The molecule has 5 heteroatoms. The second-order valence-corrected chi connectivity index (χ2v) is 9.81. The van der Waals surface area contributed by atoms with Crippen LogP contribution in [-0.4, -0.2) is 77.0 Å². The molecule has 2 aliphatic heterocycles. The van der Waals surface area contributed by atoms with E-state index in [0.717, 1.165) is 44.3 Å². The monoisotopic (exact) mass is 422 g/mol. The molecule has 1 saturated carbocycles. The zero-order valence-corrected chi connectivity index (χ0v) is 19.0. The quantitative estimate of drug-likeness (QED) is 0.699. The van der Waals surface area contributed by atoms with Crippen LogP contribution in [0.25, 0.3) is 10.9 Å². The van der Waals surface area contributed by atoms with Gasteiger partial charge in [-0.2, -0.15) is 0 Å². The second kappa shape index (κ2) is 9.74. The van der Waals surface area contributed by atoms with E-state index in [1.54, 1.807) is 0 Å². The summed E-state index contributed by atoms with van der Waals surface area (Å²) in [5, 5.41) is 1.19. The van der Waals surface area contributed by atoms with Gasteiger partial charge in [-0.05, 0) is 76.0 Å². The Bertz CT molecular complexity index is 871. The van der Waals surface area contributed by atoms with Crippen molar-refractivity contribution in [3.8, 4) is 0 Å². The number of benzene rings is 1. The third-order valence-electron chi connectivity index (χ3n) is 7.78. The zero-order valence-electron chi connectivity index (χ0n) is 19.0. The van der Waals surface area contributed by atoms with Gasteiger partial charge in [-0.15, -0.1) is 0 Å². The van der Waals surface area contributed by atoms with Crippen LogP contribution < -0.4 is 0 Å². The molecule has 3 aliphatic rings. The van der Waals surface area contributed by atoms with Crippen molar-refractivity contribution in [3.05, 3.63) is 36.0 Å². The number of hydrogen-bond donors (Lipinski definition) is 0. The molecule has 31 heavy (non-hydrogen) atoms. The van der Waals surface area contributed by atoms with Gasteiger partial charge in [-0.25, -0.2) is 0 Å². The van der Waals surface area contributed by atoms with E-state index in [4.69, 9.17) is 0 Å². The van der Waals surface area contributed by atoms with Crippen molar-refractivity contribution in [2.24, 2.45) is 0 Å². The lowest BCUT2D eigenvalue weighted by molar-refractivity contribution is 0.0573. The van der Waals surface area contributed by atoms with Crippen LogP contribution in [0.4, 0.5) is 0 Å². The van der Waals surface area contributed by atoms with E-state index < -0.39 is 0 Å². The van der Waals surface area contributed by atoms with Crippen molar-refractivity contribution in [3.63, 3.8) is 0 Å². The molecule has 0 bridgehead atoms. The van der Waals surface area contributed by atoms with E-state index in [1.807, 2.05) is 6.07 Å². The van der Waals surface area contributed by atoms with Gasteiger partial charge in [0, 0.05) is 61.4 Å². The van der Waals surface area contributed by atoms with Crippen molar-refractivity contribution in [1.29, 1.82) is 0 Å². The number of amides is 1. The molecule has 1 aromatic heterocycles. The number of carbonyl (C=O) groups excluding carboxylic acids is 1.